The Morgan fingerprint density at radius 3 is 2.57 bits per heavy atom. The predicted octanol–water partition coefficient (Wildman–Crippen LogP) is 2.58. The van der Waals surface area contributed by atoms with E-state index >= 15 is 0 Å². The van der Waals surface area contributed by atoms with Crippen LogP contribution < -0.4 is 16.0 Å². The van der Waals surface area contributed by atoms with Gasteiger partial charge in [-0.05, 0) is 57.2 Å². The molecule has 10 heteroatoms. The van der Waals surface area contributed by atoms with Gasteiger partial charge in [-0.3, -0.25) is 9.36 Å². The van der Waals surface area contributed by atoms with E-state index in [4.69, 9.17) is 9.84 Å². The van der Waals surface area contributed by atoms with E-state index in [2.05, 4.69) is 5.10 Å². The minimum Gasteiger partial charge on any atom is -0.478 e. The number of carboxylic acids is 2. The average Bonchev–Trinajstić information content (AvgIpc) is 3.32. The van der Waals surface area contributed by atoms with Crippen molar-refractivity contribution in [3.05, 3.63) is 68.5 Å². The molecule has 1 heterocycles. The van der Waals surface area contributed by atoms with Crippen LogP contribution in [0.1, 0.15) is 63.1 Å². The summed E-state index contributed by atoms with van der Waals surface area (Å²) in [5, 5.41) is 22.5. The number of aromatic nitrogens is 3. The second kappa shape index (κ2) is 11.2. The molecule has 3 rings (SSSR count). The number of ether oxygens (including phenoxy) is 1. The summed E-state index contributed by atoms with van der Waals surface area (Å²) >= 11 is 0. The number of rotatable bonds is 11. The largest absolute Gasteiger partial charge is 0.478 e. The molecule has 2 N–H and O–H groups in total. The molecule has 1 aliphatic carbocycles. The summed E-state index contributed by atoms with van der Waals surface area (Å²) in [6.07, 6.45) is 6.99. The Labute approximate surface area is 202 Å². The molecule has 0 bridgehead atoms. The van der Waals surface area contributed by atoms with Gasteiger partial charge in [-0.2, -0.15) is 5.10 Å². The molecule has 0 unspecified atom stereocenters. The van der Waals surface area contributed by atoms with Crippen molar-refractivity contribution < 1.29 is 24.5 Å². The number of carboxylic acid groups (broad SMARTS) is 2. The van der Waals surface area contributed by atoms with Crippen molar-refractivity contribution in [1.82, 2.24) is 14.3 Å². The van der Waals surface area contributed by atoms with E-state index in [9.17, 15) is 24.3 Å². The van der Waals surface area contributed by atoms with Crippen LogP contribution >= 0.6 is 0 Å². The van der Waals surface area contributed by atoms with Crippen LogP contribution in [0.5, 0.6) is 5.75 Å². The summed E-state index contributed by atoms with van der Waals surface area (Å²) < 4.78 is 7.92. The first-order chi connectivity index (χ1) is 16.6. The molecular formula is C25H31N3O7. The molecule has 10 nitrogen and oxygen atoms in total. The molecule has 0 radical (unpaired) electrons. The summed E-state index contributed by atoms with van der Waals surface area (Å²) in [7, 11) is 0. The van der Waals surface area contributed by atoms with Crippen LogP contribution in [0.3, 0.4) is 0 Å². The smallest absolute Gasteiger partial charge is 0.347 e. The number of nitrogens with zero attached hydrogens (tertiary/aromatic N) is 3. The number of benzene rings is 1. The molecule has 0 atom stereocenters. The molecule has 35 heavy (non-hydrogen) atoms. The number of allylic oxidation sites excluding steroid dienone is 1. The van der Waals surface area contributed by atoms with Crippen molar-refractivity contribution in [3.8, 4) is 5.75 Å². The van der Waals surface area contributed by atoms with Crippen LogP contribution in [0.25, 0.3) is 0 Å². The predicted molar refractivity (Wildman–Crippen MR) is 128 cm³/mol. The third-order valence-corrected chi connectivity index (χ3v) is 6.06. The Morgan fingerprint density at radius 2 is 1.91 bits per heavy atom. The lowest BCUT2D eigenvalue weighted by Crippen LogP contribution is -2.44. The molecule has 1 fully saturated rings. The van der Waals surface area contributed by atoms with E-state index < -0.39 is 28.8 Å². The number of hydrogen-bond donors (Lipinski definition) is 2. The number of carbonyl (C=O) groups is 2. The molecule has 1 saturated carbocycles. The summed E-state index contributed by atoms with van der Waals surface area (Å²) in [5.41, 5.74) is -1.14. The zero-order valence-corrected chi connectivity index (χ0v) is 20.0. The van der Waals surface area contributed by atoms with Gasteiger partial charge in [-0.25, -0.2) is 19.1 Å². The summed E-state index contributed by atoms with van der Waals surface area (Å²) in [6.45, 7) is 3.09. The Kier molecular flexibility index (Phi) is 8.26. The highest BCUT2D eigenvalue weighted by Gasteiger charge is 2.29. The van der Waals surface area contributed by atoms with E-state index in [1.807, 2.05) is 6.07 Å². The van der Waals surface area contributed by atoms with E-state index in [0.29, 0.717) is 24.3 Å². The van der Waals surface area contributed by atoms with Crippen molar-refractivity contribution in [2.24, 2.45) is 0 Å². The first kappa shape index (κ1) is 25.9. The van der Waals surface area contributed by atoms with Gasteiger partial charge in [0.2, 0.25) is 0 Å². The summed E-state index contributed by atoms with van der Waals surface area (Å²) in [4.78, 5) is 48.0. The number of aliphatic carboxylic acids is 2. The van der Waals surface area contributed by atoms with Crippen molar-refractivity contribution >= 4 is 11.9 Å². The zero-order valence-electron chi connectivity index (χ0n) is 20.0. The van der Waals surface area contributed by atoms with Crippen molar-refractivity contribution in [2.45, 2.75) is 77.0 Å². The van der Waals surface area contributed by atoms with Crippen molar-refractivity contribution in [3.63, 3.8) is 0 Å². The highest BCUT2D eigenvalue weighted by Crippen LogP contribution is 2.31. The van der Waals surface area contributed by atoms with Gasteiger partial charge in [-0.15, -0.1) is 0 Å². The van der Waals surface area contributed by atoms with E-state index in [0.717, 1.165) is 41.9 Å². The highest BCUT2D eigenvalue weighted by atomic mass is 16.5. The van der Waals surface area contributed by atoms with E-state index in [1.165, 1.54) is 24.6 Å². The molecule has 188 valence electrons. The van der Waals surface area contributed by atoms with Gasteiger partial charge in [0, 0.05) is 25.1 Å². The molecule has 2 aromatic rings. The standard InChI is InChI=1S/C25H31N3O7/c1-25(2,23(32)33)35-19-12-5-8-17(16-19)9-6-15-28-24(34)27(14-7-13-20(29)30)22(31)21(26-28)18-10-3-4-11-18/h5,7-8,12-13,16,18H,3-4,6,9-11,14-15H2,1-2H3,(H,29,30)(H,32,33)/b13-7+. The third-order valence-electron chi connectivity index (χ3n) is 6.06. The normalized spacial score (nSPS) is 14.5. The fourth-order valence-corrected chi connectivity index (χ4v) is 4.14. The lowest BCUT2D eigenvalue weighted by atomic mass is 10.0. The van der Waals surface area contributed by atoms with Gasteiger partial charge in [0.15, 0.2) is 5.60 Å². The topological polar surface area (TPSA) is 141 Å². The van der Waals surface area contributed by atoms with Crippen molar-refractivity contribution in [2.75, 3.05) is 0 Å². The van der Waals surface area contributed by atoms with Crippen LogP contribution in [0.2, 0.25) is 0 Å². The van der Waals surface area contributed by atoms with Gasteiger partial charge < -0.3 is 14.9 Å². The SMILES string of the molecule is CC(C)(Oc1cccc(CCCn2nc(C3CCCC3)c(=O)n(C/C=C/C(=O)O)c2=O)c1)C(=O)O. The lowest BCUT2D eigenvalue weighted by molar-refractivity contribution is -0.152. The van der Waals surface area contributed by atoms with Gasteiger partial charge in [0.05, 0.1) is 0 Å². The Hall–Kier alpha value is -3.69. The number of aryl methyl sites for hydroxylation is 2. The highest BCUT2D eigenvalue weighted by molar-refractivity contribution is 5.79. The zero-order chi connectivity index (χ0) is 25.6. The Bertz CT molecular complexity index is 1220. The quantitative estimate of drug-likeness (QED) is 0.463. The van der Waals surface area contributed by atoms with Crippen molar-refractivity contribution in [1.29, 1.82) is 0 Å². The van der Waals surface area contributed by atoms with Crippen LogP contribution in [0.4, 0.5) is 0 Å². The first-order valence-corrected chi connectivity index (χ1v) is 11.7. The Balaban J connectivity index is 1.78. The maximum absolute atomic E-state index is 13.0. The third kappa shape index (κ3) is 6.68. The molecular weight excluding hydrogens is 454 g/mol. The second-order valence-corrected chi connectivity index (χ2v) is 9.20. The fourth-order valence-electron chi connectivity index (χ4n) is 4.14. The molecule has 1 aliphatic rings. The fraction of sp³-hybridized carbons (Fsp3) is 0.480. The van der Waals surface area contributed by atoms with Crippen LogP contribution in [-0.4, -0.2) is 42.1 Å². The van der Waals surface area contributed by atoms with E-state index in [1.54, 1.807) is 18.2 Å². The van der Waals surface area contributed by atoms with Gasteiger partial charge in [0.25, 0.3) is 5.56 Å². The molecule has 0 amide bonds. The minimum atomic E-state index is -1.37. The minimum absolute atomic E-state index is 0.00419. The van der Waals surface area contributed by atoms with Gasteiger partial charge in [-0.1, -0.05) is 31.1 Å². The summed E-state index contributed by atoms with van der Waals surface area (Å²) in [6, 6.07) is 7.12. The monoisotopic (exact) mass is 485 g/mol. The first-order valence-electron chi connectivity index (χ1n) is 11.7. The molecule has 1 aromatic carbocycles. The molecule has 0 saturated heterocycles. The van der Waals surface area contributed by atoms with Crippen LogP contribution in [0, 0.1) is 0 Å². The van der Waals surface area contributed by atoms with Crippen LogP contribution in [-0.2, 0) is 29.1 Å². The molecule has 0 aliphatic heterocycles. The number of hydrogen-bond acceptors (Lipinski definition) is 6. The summed E-state index contributed by atoms with van der Waals surface area (Å²) in [5.74, 6) is -1.79. The van der Waals surface area contributed by atoms with E-state index in [-0.39, 0.29) is 19.0 Å². The maximum atomic E-state index is 13.0. The molecule has 1 aromatic heterocycles. The maximum Gasteiger partial charge on any atom is 0.347 e. The van der Waals surface area contributed by atoms with Gasteiger partial charge >= 0.3 is 17.6 Å². The van der Waals surface area contributed by atoms with Crippen LogP contribution in [0.15, 0.2) is 46.0 Å². The second-order valence-electron chi connectivity index (χ2n) is 9.20. The van der Waals surface area contributed by atoms with Gasteiger partial charge in [0.1, 0.15) is 11.4 Å². The lowest BCUT2D eigenvalue weighted by Gasteiger charge is -2.21. The Morgan fingerprint density at radius 1 is 1.20 bits per heavy atom. The molecule has 0 spiro atoms. The average molecular weight is 486 g/mol.